The lowest BCUT2D eigenvalue weighted by molar-refractivity contribution is 0.842. The van der Waals surface area contributed by atoms with E-state index < -0.39 is 0 Å². The molecular weight excluding hydrogens is 238 g/mol. The molecule has 3 nitrogen and oxygen atoms in total. The predicted molar refractivity (Wildman–Crippen MR) is 76.2 cm³/mol. The number of pyridine rings is 1. The zero-order valence-corrected chi connectivity index (χ0v) is 11.0. The molecule has 88 valence electrons. The zero-order valence-electron chi connectivity index (χ0n) is 9.40. The molecule has 5 heteroatoms. The first-order valence-electron chi connectivity index (χ1n) is 5.23. The lowest BCUT2D eigenvalue weighted by Crippen LogP contribution is -2.15. The minimum Gasteiger partial charge on any atom is -0.388 e. The third kappa shape index (κ3) is 4.37. The Bertz CT molecular complexity index is 342. The summed E-state index contributed by atoms with van der Waals surface area (Å²) in [5.41, 5.74) is 7.20. The molecule has 1 rings (SSSR count). The summed E-state index contributed by atoms with van der Waals surface area (Å²) in [5, 5.41) is 3.31. The molecule has 16 heavy (non-hydrogen) atoms. The summed E-state index contributed by atoms with van der Waals surface area (Å²) in [7, 11) is 0. The van der Waals surface area contributed by atoms with Crippen LogP contribution >= 0.6 is 24.0 Å². The van der Waals surface area contributed by atoms with Crippen molar-refractivity contribution in [2.75, 3.05) is 23.9 Å². The lowest BCUT2D eigenvalue weighted by Gasteiger charge is -2.09. The van der Waals surface area contributed by atoms with E-state index in [1.54, 1.807) is 6.20 Å². The van der Waals surface area contributed by atoms with Gasteiger partial charge in [0, 0.05) is 12.7 Å². The van der Waals surface area contributed by atoms with E-state index in [4.69, 9.17) is 18.0 Å². The molecule has 0 saturated heterocycles. The second-order valence-corrected chi connectivity index (χ2v) is 4.82. The van der Waals surface area contributed by atoms with Crippen LogP contribution in [0.3, 0.4) is 0 Å². The van der Waals surface area contributed by atoms with Gasteiger partial charge in [-0.15, -0.1) is 0 Å². The summed E-state index contributed by atoms with van der Waals surface area (Å²) >= 11 is 6.82. The van der Waals surface area contributed by atoms with Crippen LogP contribution in [0.4, 0.5) is 5.69 Å². The highest BCUT2D eigenvalue weighted by molar-refractivity contribution is 7.98. The van der Waals surface area contributed by atoms with Gasteiger partial charge in [-0.25, -0.2) is 0 Å². The number of unbranched alkanes of at least 4 members (excludes halogenated alkanes) is 1. The van der Waals surface area contributed by atoms with Gasteiger partial charge in [-0.1, -0.05) is 12.2 Å². The second kappa shape index (κ2) is 7.46. The van der Waals surface area contributed by atoms with E-state index in [-0.39, 0.29) is 0 Å². The summed E-state index contributed by atoms with van der Waals surface area (Å²) in [4.78, 5) is 4.50. The first-order valence-corrected chi connectivity index (χ1v) is 7.03. The molecule has 0 aliphatic carbocycles. The Morgan fingerprint density at radius 1 is 1.56 bits per heavy atom. The molecule has 0 bridgehead atoms. The van der Waals surface area contributed by atoms with Crippen LogP contribution in [0.15, 0.2) is 18.3 Å². The van der Waals surface area contributed by atoms with Crippen molar-refractivity contribution in [3.8, 4) is 0 Å². The maximum absolute atomic E-state index is 5.59. The number of nitrogens with two attached hydrogens (primary N) is 1. The van der Waals surface area contributed by atoms with Gasteiger partial charge in [0.15, 0.2) is 0 Å². The number of thiocarbonyl (C=S) groups is 1. The molecule has 1 aromatic heterocycles. The maximum atomic E-state index is 5.59. The number of hydrogen-bond donors (Lipinski definition) is 2. The molecule has 0 atom stereocenters. The third-order valence-electron chi connectivity index (χ3n) is 2.13. The molecule has 0 saturated carbocycles. The van der Waals surface area contributed by atoms with E-state index >= 15 is 0 Å². The molecule has 0 unspecified atom stereocenters. The van der Waals surface area contributed by atoms with Gasteiger partial charge >= 0.3 is 0 Å². The minimum absolute atomic E-state index is 0.340. The summed E-state index contributed by atoms with van der Waals surface area (Å²) in [5.74, 6) is 1.21. The maximum Gasteiger partial charge on any atom is 0.124 e. The van der Waals surface area contributed by atoms with Crippen LogP contribution in [0.1, 0.15) is 18.5 Å². The average Bonchev–Trinajstić information content (AvgIpc) is 2.29. The summed E-state index contributed by atoms with van der Waals surface area (Å²) in [6.07, 6.45) is 6.19. The van der Waals surface area contributed by atoms with Crippen molar-refractivity contribution < 1.29 is 0 Å². The van der Waals surface area contributed by atoms with Crippen molar-refractivity contribution in [3.05, 3.63) is 24.0 Å². The number of nitrogens with zero attached hydrogens (tertiary/aromatic N) is 1. The fourth-order valence-electron chi connectivity index (χ4n) is 1.34. The molecular formula is C11H17N3S2. The van der Waals surface area contributed by atoms with E-state index in [2.05, 4.69) is 16.6 Å². The van der Waals surface area contributed by atoms with Crippen LogP contribution < -0.4 is 11.1 Å². The highest BCUT2D eigenvalue weighted by atomic mass is 32.2. The summed E-state index contributed by atoms with van der Waals surface area (Å²) in [6.45, 7) is 0.932. The Morgan fingerprint density at radius 3 is 3.06 bits per heavy atom. The van der Waals surface area contributed by atoms with E-state index in [9.17, 15) is 0 Å². The van der Waals surface area contributed by atoms with Crippen molar-refractivity contribution in [1.82, 2.24) is 4.98 Å². The lowest BCUT2D eigenvalue weighted by atomic mass is 10.2. The number of nitrogens with one attached hydrogen (secondary N) is 1. The van der Waals surface area contributed by atoms with Crippen LogP contribution in [0.5, 0.6) is 0 Å². The highest BCUT2D eigenvalue weighted by Crippen LogP contribution is 2.12. The number of aromatic nitrogens is 1. The Balaban J connectivity index is 2.44. The van der Waals surface area contributed by atoms with Crippen LogP contribution in [0.25, 0.3) is 0 Å². The van der Waals surface area contributed by atoms with E-state index in [0.717, 1.165) is 18.7 Å². The topological polar surface area (TPSA) is 50.9 Å². The van der Waals surface area contributed by atoms with Gasteiger partial charge in [-0.3, -0.25) is 4.98 Å². The van der Waals surface area contributed by atoms with Gasteiger partial charge in [0.1, 0.15) is 10.7 Å². The molecule has 0 aliphatic heterocycles. The first kappa shape index (κ1) is 13.3. The Morgan fingerprint density at radius 2 is 2.38 bits per heavy atom. The van der Waals surface area contributed by atoms with Crippen molar-refractivity contribution in [1.29, 1.82) is 0 Å². The third-order valence-corrected chi connectivity index (χ3v) is 3.02. The minimum atomic E-state index is 0.340. The number of thioether (sulfide) groups is 1. The smallest absolute Gasteiger partial charge is 0.124 e. The fraction of sp³-hybridized carbons (Fsp3) is 0.455. The van der Waals surface area contributed by atoms with E-state index in [1.165, 1.54) is 12.2 Å². The van der Waals surface area contributed by atoms with Crippen LogP contribution in [-0.4, -0.2) is 28.5 Å². The zero-order chi connectivity index (χ0) is 11.8. The molecule has 0 aliphatic rings. The van der Waals surface area contributed by atoms with Crippen LogP contribution in [-0.2, 0) is 0 Å². The first-order chi connectivity index (χ1) is 7.75. The molecule has 0 amide bonds. The Kier molecular flexibility index (Phi) is 6.18. The van der Waals surface area contributed by atoms with Crippen molar-refractivity contribution >= 4 is 34.7 Å². The van der Waals surface area contributed by atoms with Gasteiger partial charge in [0.2, 0.25) is 0 Å². The van der Waals surface area contributed by atoms with E-state index in [1.807, 2.05) is 23.9 Å². The number of hydrogen-bond acceptors (Lipinski definition) is 4. The summed E-state index contributed by atoms with van der Waals surface area (Å²) < 4.78 is 0. The quantitative estimate of drug-likeness (QED) is 0.578. The molecule has 1 heterocycles. The molecule has 0 fully saturated rings. The van der Waals surface area contributed by atoms with Crippen LogP contribution in [0.2, 0.25) is 0 Å². The number of rotatable bonds is 7. The fourth-order valence-corrected chi connectivity index (χ4v) is 1.99. The predicted octanol–water partition coefficient (Wildman–Crippen LogP) is 2.27. The molecule has 0 radical (unpaired) electrons. The largest absolute Gasteiger partial charge is 0.388 e. The Hall–Kier alpha value is -0.810. The summed E-state index contributed by atoms with van der Waals surface area (Å²) in [6, 6.07) is 3.84. The SMILES string of the molecule is CSCCCCNc1cccnc1C(N)=S. The van der Waals surface area contributed by atoms with Crippen molar-refractivity contribution in [3.63, 3.8) is 0 Å². The standard InChI is InChI=1S/C11H17N3S2/c1-16-8-3-2-6-13-9-5-4-7-14-10(9)11(12)15/h4-5,7,13H,2-3,6,8H2,1H3,(H2,12,15). The van der Waals surface area contributed by atoms with Gasteiger partial charge in [-0.05, 0) is 37.0 Å². The van der Waals surface area contributed by atoms with Crippen molar-refractivity contribution in [2.45, 2.75) is 12.8 Å². The van der Waals surface area contributed by atoms with Gasteiger partial charge in [0.25, 0.3) is 0 Å². The normalized spacial score (nSPS) is 10.1. The van der Waals surface area contributed by atoms with Crippen molar-refractivity contribution in [2.24, 2.45) is 5.73 Å². The van der Waals surface area contributed by atoms with Crippen LogP contribution in [0, 0.1) is 0 Å². The molecule has 0 spiro atoms. The van der Waals surface area contributed by atoms with Gasteiger partial charge < -0.3 is 11.1 Å². The highest BCUT2D eigenvalue weighted by Gasteiger charge is 2.04. The Labute approximate surface area is 106 Å². The average molecular weight is 255 g/mol. The second-order valence-electron chi connectivity index (χ2n) is 3.39. The monoisotopic (exact) mass is 255 g/mol. The van der Waals surface area contributed by atoms with Gasteiger partial charge in [0.05, 0.1) is 5.69 Å². The molecule has 3 N–H and O–H groups in total. The van der Waals surface area contributed by atoms with E-state index in [0.29, 0.717) is 10.7 Å². The molecule has 0 aromatic carbocycles. The molecule has 1 aromatic rings. The number of anilines is 1. The van der Waals surface area contributed by atoms with Gasteiger partial charge in [-0.2, -0.15) is 11.8 Å².